The summed E-state index contributed by atoms with van der Waals surface area (Å²) in [5.74, 6) is 0.480. The Hall–Kier alpha value is -3.63. The molecular weight excluding hydrogens is 737 g/mol. The second-order valence-corrected chi connectivity index (χ2v) is 12.8. The van der Waals surface area contributed by atoms with Crippen molar-refractivity contribution in [1.29, 1.82) is 0 Å². The van der Waals surface area contributed by atoms with Crippen LogP contribution in [-0.4, -0.2) is 41.5 Å². The predicted molar refractivity (Wildman–Crippen MR) is 187 cm³/mol. The van der Waals surface area contributed by atoms with E-state index in [1.165, 1.54) is 28.7 Å². The minimum Gasteiger partial charge on any atom is -0.793 e. The third-order valence-corrected chi connectivity index (χ3v) is 7.96. The van der Waals surface area contributed by atoms with Crippen molar-refractivity contribution in [3.8, 4) is 33.9 Å². The van der Waals surface area contributed by atoms with E-state index in [2.05, 4.69) is 33.3 Å². The van der Waals surface area contributed by atoms with E-state index >= 15 is 0 Å². The molecule has 6 nitrogen and oxygen atoms in total. The van der Waals surface area contributed by atoms with Crippen LogP contribution in [0.5, 0.6) is 0 Å². The number of rotatable bonds is 6. The van der Waals surface area contributed by atoms with Crippen LogP contribution in [0.2, 0.25) is 0 Å². The fourth-order valence-electron chi connectivity index (χ4n) is 4.50. The van der Waals surface area contributed by atoms with Crippen LogP contribution < -0.4 is 29.6 Å². The summed E-state index contributed by atoms with van der Waals surface area (Å²) in [5, 5.41) is 16.0. The fraction of sp³-hybridized carbons (Fsp3) is 0.222. The van der Waals surface area contributed by atoms with E-state index in [1.54, 1.807) is 6.20 Å². The zero-order valence-corrected chi connectivity index (χ0v) is 32.4. The molecule has 52 heavy (non-hydrogen) atoms. The maximum absolute atomic E-state index is 13.9. The molecule has 16 heteroatoms. The Balaban J connectivity index is 0.000000257. The van der Waals surface area contributed by atoms with Gasteiger partial charge < -0.3 is 12.6 Å². The standard InChI is InChI=1S/C18H16F3N3S.C16H11F4N3.C2H6S.Na/c1-3-25-17-10-14(18(19,20)21)8-9-16(17)24-11-15(22-23-24)13-6-4-12(2)5-7-13;1-10-2-4-11(5-3-10)14-9-23(22-21-14)15-7-6-12(8-13(15)17)16(18,19)20;1-2-3;/h4-11H,3H2,1-2H3;2-9H,1H3;3H,2H2,1H3;/q;;;+1/p-1. The summed E-state index contributed by atoms with van der Waals surface area (Å²) in [7, 11) is 0. The molecule has 0 N–H and O–H groups in total. The van der Waals surface area contributed by atoms with Crippen LogP contribution in [0.25, 0.3) is 33.9 Å². The van der Waals surface area contributed by atoms with Crippen molar-refractivity contribution < 1.29 is 60.3 Å². The number of hydrogen-bond donors (Lipinski definition) is 0. The molecule has 4 aromatic carbocycles. The van der Waals surface area contributed by atoms with Gasteiger partial charge in [-0.1, -0.05) is 83.9 Å². The quantitative estimate of drug-likeness (QED) is 0.0766. The van der Waals surface area contributed by atoms with Gasteiger partial charge in [0.25, 0.3) is 0 Å². The molecule has 0 saturated carbocycles. The number of halogens is 7. The van der Waals surface area contributed by atoms with E-state index < -0.39 is 29.3 Å². The number of thioether (sulfide) groups is 1. The van der Waals surface area contributed by atoms with Gasteiger partial charge in [-0.25, -0.2) is 13.8 Å². The van der Waals surface area contributed by atoms with Gasteiger partial charge in [0.1, 0.15) is 22.9 Å². The van der Waals surface area contributed by atoms with E-state index in [1.807, 2.05) is 76.2 Å². The zero-order valence-electron chi connectivity index (χ0n) is 28.8. The summed E-state index contributed by atoms with van der Waals surface area (Å²) in [6.07, 6.45) is -5.75. The van der Waals surface area contributed by atoms with Gasteiger partial charge in [-0.15, -0.1) is 22.0 Å². The summed E-state index contributed by atoms with van der Waals surface area (Å²) >= 11 is 5.74. The summed E-state index contributed by atoms with van der Waals surface area (Å²) < 4.78 is 93.1. The van der Waals surface area contributed by atoms with Crippen LogP contribution in [0.4, 0.5) is 30.7 Å². The Morgan fingerprint density at radius 1 is 0.635 bits per heavy atom. The Kier molecular flexibility index (Phi) is 15.6. The molecule has 268 valence electrons. The molecule has 0 aliphatic heterocycles. The first kappa shape index (κ1) is 42.8. The van der Waals surface area contributed by atoms with Gasteiger partial charge >= 0.3 is 41.9 Å². The van der Waals surface area contributed by atoms with Crippen LogP contribution in [-0.2, 0) is 25.0 Å². The summed E-state index contributed by atoms with van der Waals surface area (Å²) in [5.41, 5.74) is 3.88. The number of alkyl halides is 6. The summed E-state index contributed by atoms with van der Waals surface area (Å²) in [4.78, 5) is 0.526. The number of aromatic nitrogens is 6. The van der Waals surface area contributed by atoms with E-state index in [4.69, 9.17) is 0 Å². The molecule has 0 fully saturated rings. The second kappa shape index (κ2) is 18.9. The van der Waals surface area contributed by atoms with E-state index in [-0.39, 0.29) is 35.2 Å². The molecule has 2 heterocycles. The third kappa shape index (κ3) is 11.4. The molecule has 0 unspecified atom stereocenters. The Morgan fingerprint density at radius 3 is 1.44 bits per heavy atom. The summed E-state index contributed by atoms with van der Waals surface area (Å²) in [6, 6.07) is 21.3. The molecule has 0 spiro atoms. The monoisotopic (exact) mass is 768 g/mol. The first-order chi connectivity index (χ1) is 24.1. The smallest absolute Gasteiger partial charge is 0.793 e. The molecule has 6 aromatic rings. The third-order valence-electron chi connectivity index (χ3n) is 7.04. The Labute approximate surface area is 328 Å². The molecule has 6 rings (SSSR count). The fourth-order valence-corrected chi connectivity index (χ4v) is 5.33. The minimum absolute atomic E-state index is 0. The van der Waals surface area contributed by atoms with E-state index in [9.17, 15) is 30.7 Å². The average Bonchev–Trinajstić information content (AvgIpc) is 3.77. The van der Waals surface area contributed by atoms with Crippen molar-refractivity contribution in [2.75, 3.05) is 11.5 Å². The molecule has 0 atom stereocenters. The first-order valence-electron chi connectivity index (χ1n) is 15.4. The number of hydrogen-bond acceptors (Lipinski definition) is 6. The number of benzene rings is 4. The molecule has 0 aliphatic carbocycles. The van der Waals surface area contributed by atoms with Crippen molar-refractivity contribution in [3.05, 3.63) is 125 Å². The predicted octanol–water partition coefficient (Wildman–Crippen LogP) is 7.33. The SMILES string of the molecule is CCSc1cc(C(F)(F)F)ccc1-n1cc(-c2ccc(C)cc2)nn1.CC[S-].Cc1ccc(-c2cn(-c3ccc(C(F)(F)F)cc3F)nn2)cc1.[Na+]. The van der Waals surface area contributed by atoms with Crippen molar-refractivity contribution in [3.63, 3.8) is 0 Å². The van der Waals surface area contributed by atoms with Gasteiger partial charge in [0, 0.05) is 16.0 Å². The van der Waals surface area contributed by atoms with Crippen LogP contribution >= 0.6 is 11.8 Å². The van der Waals surface area contributed by atoms with Gasteiger partial charge in [0.05, 0.1) is 29.2 Å². The molecule has 0 saturated heterocycles. The Morgan fingerprint density at radius 2 is 1.04 bits per heavy atom. The van der Waals surface area contributed by atoms with Gasteiger partial charge in [-0.05, 0) is 56.0 Å². The second-order valence-electron chi connectivity index (χ2n) is 10.9. The topological polar surface area (TPSA) is 61.4 Å². The van der Waals surface area contributed by atoms with E-state index in [0.717, 1.165) is 57.0 Å². The van der Waals surface area contributed by atoms with Crippen molar-refractivity contribution in [2.45, 2.75) is 44.9 Å². The van der Waals surface area contributed by atoms with E-state index in [0.29, 0.717) is 33.8 Å². The molecular formula is C36H32F7N6NaS2. The van der Waals surface area contributed by atoms with Crippen molar-refractivity contribution >= 4 is 24.4 Å². The van der Waals surface area contributed by atoms with Gasteiger partial charge in [-0.2, -0.15) is 32.1 Å². The number of nitrogens with zero attached hydrogens (tertiary/aromatic N) is 6. The van der Waals surface area contributed by atoms with Crippen LogP contribution in [0.15, 0.2) is 102 Å². The summed E-state index contributed by atoms with van der Waals surface area (Å²) in [6.45, 7) is 7.78. The Bertz CT molecular complexity index is 2030. The minimum atomic E-state index is -4.59. The van der Waals surface area contributed by atoms with Gasteiger partial charge in [0.15, 0.2) is 0 Å². The molecule has 0 bridgehead atoms. The maximum atomic E-state index is 13.9. The maximum Gasteiger partial charge on any atom is 1.00 e. The van der Waals surface area contributed by atoms with Gasteiger partial charge in [0.2, 0.25) is 0 Å². The molecule has 2 aromatic heterocycles. The normalized spacial score (nSPS) is 11.2. The van der Waals surface area contributed by atoms with Gasteiger partial charge in [-0.3, -0.25) is 0 Å². The van der Waals surface area contributed by atoms with Crippen LogP contribution in [0, 0.1) is 19.7 Å². The molecule has 0 radical (unpaired) electrons. The number of aryl methyl sites for hydroxylation is 2. The van der Waals surface area contributed by atoms with Crippen molar-refractivity contribution in [1.82, 2.24) is 30.0 Å². The zero-order chi connectivity index (χ0) is 37.3. The molecule has 0 amide bonds. The largest absolute Gasteiger partial charge is 1.00 e. The van der Waals surface area contributed by atoms with Crippen molar-refractivity contribution in [2.24, 2.45) is 0 Å². The van der Waals surface area contributed by atoms with Crippen LogP contribution in [0.3, 0.4) is 0 Å². The van der Waals surface area contributed by atoms with Crippen LogP contribution in [0.1, 0.15) is 36.1 Å². The first-order valence-corrected chi connectivity index (χ1v) is 17.0. The molecule has 0 aliphatic rings. The average molecular weight is 769 g/mol.